The van der Waals surface area contributed by atoms with Crippen molar-refractivity contribution in [2.45, 2.75) is 11.0 Å². The zero-order valence-corrected chi connectivity index (χ0v) is 11.8. The van der Waals surface area contributed by atoms with E-state index in [4.69, 9.17) is 0 Å². The van der Waals surface area contributed by atoms with Crippen molar-refractivity contribution in [3.05, 3.63) is 59.7 Å². The Morgan fingerprint density at radius 1 is 1.15 bits per heavy atom. The van der Waals surface area contributed by atoms with Gasteiger partial charge in [-0.1, -0.05) is 12.1 Å². The lowest BCUT2D eigenvalue weighted by Crippen LogP contribution is -2.15. The molecule has 20 heavy (non-hydrogen) atoms. The van der Waals surface area contributed by atoms with Crippen molar-refractivity contribution in [3.63, 3.8) is 0 Å². The molecule has 2 aromatic carbocycles. The first kappa shape index (κ1) is 14.8. The van der Waals surface area contributed by atoms with E-state index < -0.39 is 17.7 Å². The minimum atomic E-state index is -1.24. The summed E-state index contributed by atoms with van der Waals surface area (Å²) in [6.45, 7) is 0.0374. The predicted molar refractivity (Wildman–Crippen MR) is 78.0 cm³/mol. The van der Waals surface area contributed by atoms with Crippen LogP contribution in [0, 0.1) is 11.6 Å². The molecule has 2 aromatic rings. The van der Waals surface area contributed by atoms with Gasteiger partial charge in [-0.25, -0.2) is 8.78 Å². The van der Waals surface area contributed by atoms with Crippen molar-refractivity contribution < 1.29 is 13.9 Å². The van der Waals surface area contributed by atoms with E-state index in [1.54, 1.807) is 11.8 Å². The molecule has 0 aromatic heterocycles. The van der Waals surface area contributed by atoms with Crippen molar-refractivity contribution in [1.82, 2.24) is 0 Å². The van der Waals surface area contributed by atoms with Crippen molar-refractivity contribution in [1.29, 1.82) is 0 Å². The zero-order valence-electron chi connectivity index (χ0n) is 10.9. The third kappa shape index (κ3) is 3.49. The van der Waals surface area contributed by atoms with Crippen LogP contribution in [-0.2, 0) is 0 Å². The molecule has 106 valence electrons. The Balaban J connectivity index is 2.06. The normalized spacial score (nSPS) is 12.2. The third-order valence-corrected chi connectivity index (χ3v) is 3.63. The molecule has 2 N–H and O–H groups in total. The van der Waals surface area contributed by atoms with Gasteiger partial charge in [0, 0.05) is 17.1 Å². The number of hydrogen-bond acceptors (Lipinski definition) is 3. The summed E-state index contributed by atoms with van der Waals surface area (Å²) in [5.41, 5.74) is 0.494. The fraction of sp³-hybridized carbons (Fsp3) is 0.200. The lowest BCUT2D eigenvalue weighted by molar-refractivity contribution is 0.181. The van der Waals surface area contributed by atoms with Crippen LogP contribution in [0.25, 0.3) is 0 Å². The van der Waals surface area contributed by atoms with Crippen LogP contribution >= 0.6 is 11.8 Å². The van der Waals surface area contributed by atoms with E-state index in [0.29, 0.717) is 0 Å². The molecule has 0 aliphatic heterocycles. The lowest BCUT2D eigenvalue weighted by Gasteiger charge is -2.15. The summed E-state index contributed by atoms with van der Waals surface area (Å²) in [6, 6.07) is 11.1. The maximum absolute atomic E-state index is 13.5. The summed E-state index contributed by atoms with van der Waals surface area (Å²) in [7, 11) is 0. The largest absolute Gasteiger partial charge is 0.386 e. The lowest BCUT2D eigenvalue weighted by atomic mass is 10.1. The average molecular weight is 295 g/mol. The summed E-state index contributed by atoms with van der Waals surface area (Å²) in [4.78, 5) is 1.07. The topological polar surface area (TPSA) is 32.3 Å². The molecular formula is C15H15F2NOS. The quantitative estimate of drug-likeness (QED) is 0.822. The molecule has 1 atom stereocenters. The van der Waals surface area contributed by atoms with Crippen LogP contribution in [0.4, 0.5) is 14.5 Å². The number of hydrogen-bond donors (Lipinski definition) is 2. The molecule has 0 saturated heterocycles. The second-order valence-corrected chi connectivity index (χ2v) is 5.14. The molecule has 0 spiro atoms. The number of aliphatic hydroxyl groups excluding tert-OH is 1. The van der Waals surface area contributed by atoms with Crippen LogP contribution in [0.5, 0.6) is 0 Å². The van der Waals surface area contributed by atoms with Gasteiger partial charge in [0.05, 0.1) is 5.56 Å². The minimum absolute atomic E-state index is 0.0374. The first-order valence-corrected chi connectivity index (χ1v) is 7.34. The van der Waals surface area contributed by atoms with Gasteiger partial charge in [0.1, 0.15) is 17.7 Å². The monoisotopic (exact) mass is 295 g/mol. The predicted octanol–water partition coefficient (Wildman–Crippen LogP) is 3.83. The molecule has 0 heterocycles. The SMILES string of the molecule is CSc1cccc(NCC(O)c2c(F)cccc2F)c1. The summed E-state index contributed by atoms with van der Waals surface area (Å²) in [5.74, 6) is -1.48. The maximum Gasteiger partial charge on any atom is 0.132 e. The molecule has 0 bridgehead atoms. The van der Waals surface area contributed by atoms with Crippen LogP contribution in [0.15, 0.2) is 47.4 Å². The minimum Gasteiger partial charge on any atom is -0.386 e. The number of halogens is 2. The molecule has 2 nitrogen and oxygen atoms in total. The van der Waals surface area contributed by atoms with Crippen molar-refractivity contribution >= 4 is 17.4 Å². The molecule has 2 rings (SSSR count). The first-order chi connectivity index (χ1) is 9.61. The molecular weight excluding hydrogens is 280 g/mol. The van der Waals surface area contributed by atoms with Gasteiger partial charge in [0.15, 0.2) is 0 Å². The standard InChI is InChI=1S/C15H15F2NOS/c1-20-11-5-2-4-10(8-11)18-9-14(19)15-12(16)6-3-7-13(15)17/h2-8,14,18-19H,9H2,1H3. The summed E-state index contributed by atoms with van der Waals surface area (Å²) in [6.07, 6.45) is 0.719. The van der Waals surface area contributed by atoms with E-state index >= 15 is 0 Å². The molecule has 1 unspecified atom stereocenters. The second-order valence-electron chi connectivity index (χ2n) is 4.26. The molecule has 5 heteroatoms. The number of aliphatic hydroxyl groups is 1. The Bertz CT molecular complexity index is 572. The molecule has 0 saturated carbocycles. The van der Waals surface area contributed by atoms with Gasteiger partial charge in [0.25, 0.3) is 0 Å². The molecule has 0 aliphatic rings. The molecule has 0 amide bonds. The van der Waals surface area contributed by atoms with E-state index in [2.05, 4.69) is 5.32 Å². The number of thioether (sulfide) groups is 1. The Morgan fingerprint density at radius 2 is 1.80 bits per heavy atom. The Labute approximate surface area is 120 Å². The van der Waals surface area contributed by atoms with E-state index in [1.807, 2.05) is 30.5 Å². The molecule has 0 radical (unpaired) electrons. The Kier molecular flexibility index (Phi) is 4.98. The van der Waals surface area contributed by atoms with E-state index in [1.165, 1.54) is 6.07 Å². The highest BCUT2D eigenvalue weighted by Gasteiger charge is 2.17. The van der Waals surface area contributed by atoms with Gasteiger partial charge in [-0.15, -0.1) is 11.8 Å². The van der Waals surface area contributed by atoms with Crippen molar-refractivity contribution in [2.24, 2.45) is 0 Å². The number of nitrogens with one attached hydrogen (secondary N) is 1. The fourth-order valence-electron chi connectivity index (χ4n) is 1.88. The van der Waals surface area contributed by atoms with Gasteiger partial charge in [0.2, 0.25) is 0 Å². The van der Waals surface area contributed by atoms with Crippen LogP contribution in [-0.4, -0.2) is 17.9 Å². The molecule has 0 fully saturated rings. The van der Waals surface area contributed by atoms with E-state index in [9.17, 15) is 13.9 Å². The number of benzene rings is 2. The fourth-order valence-corrected chi connectivity index (χ4v) is 2.34. The highest BCUT2D eigenvalue weighted by Crippen LogP contribution is 2.23. The van der Waals surface area contributed by atoms with Crippen LogP contribution in [0.1, 0.15) is 11.7 Å². The van der Waals surface area contributed by atoms with Crippen molar-refractivity contribution in [2.75, 3.05) is 18.1 Å². The smallest absolute Gasteiger partial charge is 0.132 e. The van der Waals surface area contributed by atoms with E-state index in [0.717, 1.165) is 22.7 Å². The van der Waals surface area contributed by atoms with Crippen LogP contribution < -0.4 is 5.32 Å². The second kappa shape index (κ2) is 6.72. The highest BCUT2D eigenvalue weighted by atomic mass is 32.2. The molecule has 0 aliphatic carbocycles. The van der Waals surface area contributed by atoms with Crippen LogP contribution in [0.2, 0.25) is 0 Å². The Morgan fingerprint density at radius 3 is 2.45 bits per heavy atom. The summed E-state index contributed by atoms with van der Waals surface area (Å²) < 4.78 is 27.0. The van der Waals surface area contributed by atoms with Crippen LogP contribution in [0.3, 0.4) is 0 Å². The van der Waals surface area contributed by atoms with Gasteiger partial charge in [-0.05, 0) is 36.6 Å². The number of rotatable bonds is 5. The third-order valence-electron chi connectivity index (χ3n) is 2.90. The van der Waals surface area contributed by atoms with Gasteiger partial charge in [-0.3, -0.25) is 0 Å². The number of anilines is 1. The van der Waals surface area contributed by atoms with Crippen molar-refractivity contribution in [3.8, 4) is 0 Å². The van der Waals surface area contributed by atoms with Gasteiger partial charge in [-0.2, -0.15) is 0 Å². The van der Waals surface area contributed by atoms with Gasteiger partial charge >= 0.3 is 0 Å². The van der Waals surface area contributed by atoms with Gasteiger partial charge < -0.3 is 10.4 Å². The zero-order chi connectivity index (χ0) is 14.5. The maximum atomic E-state index is 13.5. The average Bonchev–Trinajstić information content (AvgIpc) is 2.45. The highest BCUT2D eigenvalue weighted by molar-refractivity contribution is 7.98. The summed E-state index contributed by atoms with van der Waals surface area (Å²) in [5, 5.41) is 12.9. The first-order valence-electron chi connectivity index (χ1n) is 6.11. The summed E-state index contributed by atoms with van der Waals surface area (Å²) >= 11 is 1.60. The Hall–Kier alpha value is -1.59. The van der Waals surface area contributed by atoms with E-state index in [-0.39, 0.29) is 12.1 Å².